The fraction of sp³-hybridized carbons (Fsp3) is 0.613. The third-order valence-electron chi connectivity index (χ3n) is 8.54. The van der Waals surface area contributed by atoms with Crippen LogP contribution in [-0.2, 0) is 50.7 Å². The molecule has 7 atom stereocenters. The molecule has 0 bridgehead atoms. The van der Waals surface area contributed by atoms with Crippen LogP contribution in [0.4, 0.5) is 5.82 Å². The molecule has 1 saturated heterocycles. The molecule has 2 aromatic heterocycles. The Morgan fingerprint density at radius 1 is 1.08 bits per heavy atom. The fourth-order valence-electron chi connectivity index (χ4n) is 4.99. The number of fused-ring (bicyclic) bond motifs is 1. The predicted octanol–water partition coefficient (Wildman–Crippen LogP) is 1.21. The van der Waals surface area contributed by atoms with Gasteiger partial charge in [0.15, 0.2) is 17.7 Å². The second-order valence-corrected chi connectivity index (χ2v) is 19.4. The van der Waals surface area contributed by atoms with E-state index in [1.165, 1.54) is 13.8 Å². The number of aliphatic hydroxyl groups excluding tert-OH is 2. The number of hydrogen-bond acceptors (Lipinski definition) is 18. The molecule has 1 aliphatic rings. The lowest BCUT2D eigenvalue weighted by Crippen LogP contribution is -2.46. The molecule has 0 aromatic carbocycles. The molecule has 2 amide bonds. The number of carbonyl (C=O) groups excluding carboxylic acids is 3. The van der Waals surface area contributed by atoms with E-state index in [-0.39, 0.29) is 41.6 Å². The molecule has 28 heteroatoms. The Bertz CT molecular complexity index is 2010. The Kier molecular flexibility index (Phi) is 18.1. The number of ether oxygens (including phenoxy) is 1. The van der Waals surface area contributed by atoms with Crippen LogP contribution in [0.1, 0.15) is 53.7 Å². The number of aliphatic hydroxyl groups is 2. The average molecular weight is 918 g/mol. The Morgan fingerprint density at radius 3 is 2.39 bits per heavy atom. The van der Waals surface area contributed by atoms with Crippen molar-refractivity contribution in [2.75, 3.05) is 37.8 Å². The minimum atomic E-state index is -5.58. The van der Waals surface area contributed by atoms with Crippen molar-refractivity contribution in [1.82, 2.24) is 30.2 Å². The highest BCUT2D eigenvalue weighted by Gasteiger charge is 2.50. The van der Waals surface area contributed by atoms with Gasteiger partial charge in [-0.2, -0.15) is 4.31 Å². The maximum atomic E-state index is 12.7. The van der Waals surface area contributed by atoms with Gasteiger partial charge in [0, 0.05) is 30.7 Å². The summed E-state index contributed by atoms with van der Waals surface area (Å²) in [5.41, 5.74) is 5.84. The summed E-state index contributed by atoms with van der Waals surface area (Å²) in [5.74, 6) is -0.868. The summed E-state index contributed by atoms with van der Waals surface area (Å²) in [7, 11) is -16.4. The second-order valence-electron chi connectivity index (χ2n) is 14.1. The number of imidazole rings is 1. The van der Waals surface area contributed by atoms with E-state index in [4.69, 9.17) is 19.5 Å². The van der Waals surface area contributed by atoms with Crippen molar-refractivity contribution in [2.24, 2.45) is 11.3 Å². The van der Waals surface area contributed by atoms with Crippen molar-refractivity contribution in [1.29, 1.82) is 0 Å². The number of nitrogen functional groups attached to an aromatic ring is 1. The number of aromatic nitrogens is 4. The van der Waals surface area contributed by atoms with E-state index in [2.05, 4.69) is 41.0 Å². The van der Waals surface area contributed by atoms with Gasteiger partial charge in [-0.1, -0.05) is 57.7 Å². The molecule has 3 heterocycles. The molecular formula is C31H50N7O17P3S. The summed E-state index contributed by atoms with van der Waals surface area (Å²) in [6, 6.07) is 0. The molecule has 0 saturated carbocycles. The summed E-state index contributed by atoms with van der Waals surface area (Å²) < 4.78 is 62.2. The smallest absolute Gasteiger partial charge is 0.386 e. The van der Waals surface area contributed by atoms with Crippen molar-refractivity contribution < 1.29 is 80.5 Å². The summed E-state index contributed by atoms with van der Waals surface area (Å²) >= 11 is 1.04. The molecule has 59 heavy (non-hydrogen) atoms. The average Bonchev–Trinajstić information content (AvgIpc) is 3.69. The lowest BCUT2D eigenvalue weighted by atomic mass is 9.87. The highest BCUT2D eigenvalue weighted by Crippen LogP contribution is 2.61. The van der Waals surface area contributed by atoms with Crippen molar-refractivity contribution >= 4 is 69.1 Å². The van der Waals surface area contributed by atoms with E-state index in [0.717, 1.165) is 34.6 Å². The number of phosphoric ester groups is 3. The number of amides is 2. The first kappa shape index (κ1) is 50.4. The predicted molar refractivity (Wildman–Crippen MR) is 209 cm³/mol. The van der Waals surface area contributed by atoms with E-state index >= 15 is 0 Å². The molecule has 10 N–H and O–H groups in total. The van der Waals surface area contributed by atoms with Gasteiger partial charge >= 0.3 is 23.5 Å². The largest absolute Gasteiger partial charge is 0.481 e. The number of nitrogens with two attached hydrogens (primary N) is 1. The highest BCUT2D eigenvalue weighted by atomic mass is 32.2. The van der Waals surface area contributed by atoms with E-state index in [1.807, 2.05) is 19.9 Å². The van der Waals surface area contributed by atoms with Crippen LogP contribution in [0.25, 0.3) is 11.2 Å². The number of carbonyl (C=O) groups is 3. The van der Waals surface area contributed by atoms with E-state index < -0.39 is 84.6 Å². The molecule has 24 nitrogen and oxygen atoms in total. The van der Waals surface area contributed by atoms with Gasteiger partial charge in [0.1, 0.15) is 36.3 Å². The molecule has 1 fully saturated rings. The van der Waals surface area contributed by atoms with E-state index in [9.17, 15) is 57.9 Å². The first-order valence-electron chi connectivity index (χ1n) is 17.6. The molecule has 0 spiro atoms. The minimum absolute atomic E-state index is 0.0288. The zero-order valence-electron chi connectivity index (χ0n) is 32.6. The molecular weight excluding hydrogens is 867 g/mol. The highest BCUT2D eigenvalue weighted by molar-refractivity contribution is 8.14. The van der Waals surface area contributed by atoms with Crippen molar-refractivity contribution in [3.63, 3.8) is 0 Å². The van der Waals surface area contributed by atoms with Gasteiger partial charge in [0.25, 0.3) is 0 Å². The summed E-state index contributed by atoms with van der Waals surface area (Å²) in [4.78, 5) is 88.1. The van der Waals surface area contributed by atoms with Crippen LogP contribution in [0.2, 0.25) is 0 Å². The topological polar surface area (TPSA) is 364 Å². The summed E-state index contributed by atoms with van der Waals surface area (Å²) in [6.07, 6.45) is -4.54. The number of nitrogens with zero attached hydrogens (tertiary/aromatic N) is 4. The van der Waals surface area contributed by atoms with Crippen LogP contribution in [0, 0.1) is 11.3 Å². The number of anilines is 1. The second kappa shape index (κ2) is 21.2. The fourth-order valence-corrected chi connectivity index (χ4v) is 8.52. The van der Waals surface area contributed by atoms with E-state index in [1.54, 1.807) is 6.92 Å². The number of phosphoric acid groups is 3. The van der Waals surface area contributed by atoms with Gasteiger partial charge in [-0.05, 0) is 24.8 Å². The molecule has 3 rings (SSSR count). The van der Waals surface area contributed by atoms with Gasteiger partial charge in [-0.25, -0.2) is 28.6 Å². The van der Waals surface area contributed by atoms with Crippen molar-refractivity contribution in [2.45, 2.75) is 78.1 Å². The molecule has 3 unspecified atom stereocenters. The maximum absolute atomic E-state index is 12.7. The molecule has 0 radical (unpaired) electrons. The van der Waals surface area contributed by atoms with Crippen LogP contribution in [0.15, 0.2) is 36.5 Å². The monoisotopic (exact) mass is 917 g/mol. The van der Waals surface area contributed by atoms with Crippen LogP contribution < -0.4 is 16.4 Å². The molecule has 0 aliphatic carbocycles. The standard InChI is InChI=1S/C31H50N7O17P3S/c1-17(2)18(3)7-8-19(4)30(43)59-12-11-33-21(39)9-10-34-28(42)25(41)31(5,6)14-52-58(49,50)55-57(47,48)51-13-20-24(54-56(44,45)46)23(40)29(53-20)38-16-37-22-26(32)35-15-36-27(22)38/h8,15-17,20,23-25,29,40-41H,3,7,9-14H2,1-2,4-6H3,(H,33,39)(H,34,42)(H,47,48)(H,49,50)(H2,32,35,36)(H2,44,45,46)/b19-8-/t20-,23?,24+,25+,29-/m1/s1. The Hall–Kier alpha value is -2.96. The minimum Gasteiger partial charge on any atom is -0.386 e. The maximum Gasteiger partial charge on any atom is 0.481 e. The van der Waals surface area contributed by atoms with Crippen LogP contribution >= 0.6 is 35.2 Å². The zero-order valence-corrected chi connectivity index (χ0v) is 36.1. The van der Waals surface area contributed by atoms with Gasteiger partial charge in [-0.15, -0.1) is 0 Å². The van der Waals surface area contributed by atoms with Crippen molar-refractivity contribution in [3.8, 4) is 0 Å². The first-order valence-corrected chi connectivity index (χ1v) is 23.1. The van der Waals surface area contributed by atoms with Gasteiger partial charge in [0.05, 0.1) is 19.5 Å². The first-order chi connectivity index (χ1) is 27.2. The summed E-state index contributed by atoms with van der Waals surface area (Å²) in [6.45, 7) is 10.1. The Morgan fingerprint density at radius 2 is 1.75 bits per heavy atom. The lowest BCUT2D eigenvalue weighted by Gasteiger charge is -2.30. The number of rotatable bonds is 23. The Balaban J connectivity index is 1.46. The number of hydrogen-bond donors (Lipinski definition) is 9. The SMILES string of the molecule is C=C(C/C=C(/C)C(=O)SCCNC(=O)CCNC(=O)[C@H](O)C(C)(C)COP(=O)(O)OP(=O)(O)OC[C@H]1O[C@@H](n2cnc3c(N)ncnc32)C(O)[C@H]1OP(=O)(O)O)C(C)C. The van der Waals surface area contributed by atoms with Crippen LogP contribution in [0.3, 0.4) is 0 Å². The molecule has 1 aliphatic heterocycles. The van der Waals surface area contributed by atoms with Crippen LogP contribution in [-0.4, -0.2) is 123 Å². The van der Waals surface area contributed by atoms with E-state index in [0.29, 0.717) is 23.7 Å². The summed E-state index contributed by atoms with van der Waals surface area (Å²) in [5, 5.41) is 26.3. The number of nitrogens with one attached hydrogen (secondary N) is 2. The van der Waals surface area contributed by atoms with Gasteiger partial charge < -0.3 is 50.9 Å². The van der Waals surface area contributed by atoms with Crippen molar-refractivity contribution in [3.05, 3.63) is 36.5 Å². The van der Waals surface area contributed by atoms with Gasteiger partial charge in [-0.3, -0.25) is 32.5 Å². The number of thioether (sulfide) groups is 1. The van der Waals surface area contributed by atoms with Crippen LogP contribution in [0.5, 0.6) is 0 Å². The normalized spacial score (nSPS) is 21.5. The van der Waals surface area contributed by atoms with Gasteiger partial charge in [0.2, 0.25) is 16.9 Å². The quantitative estimate of drug-likeness (QED) is 0.0327. The Labute approximate surface area is 342 Å². The zero-order chi connectivity index (χ0) is 44.5. The number of allylic oxidation sites excluding steroid dienone is 2. The third-order valence-corrected chi connectivity index (χ3v) is 12.6. The molecule has 2 aromatic rings. The lowest BCUT2D eigenvalue weighted by molar-refractivity contribution is -0.137. The third kappa shape index (κ3) is 15.5. The molecule has 332 valence electrons.